The highest BCUT2D eigenvalue weighted by Gasteiger charge is 2.28. The van der Waals surface area contributed by atoms with Crippen molar-refractivity contribution in [2.75, 3.05) is 0 Å². The van der Waals surface area contributed by atoms with Gasteiger partial charge in [0.1, 0.15) is 6.04 Å². The average molecular weight is 159 g/mol. The number of hydrogen-bond acceptors (Lipinski definition) is 3. The van der Waals surface area contributed by atoms with Crippen LogP contribution in [0.25, 0.3) is 0 Å². The van der Waals surface area contributed by atoms with Crippen molar-refractivity contribution in [2.45, 2.75) is 38.0 Å². The first-order chi connectivity index (χ1) is 5.11. The van der Waals surface area contributed by atoms with Crippen LogP contribution in [0.3, 0.4) is 0 Å². The molecule has 4 nitrogen and oxygen atoms in total. The number of aliphatic hydroxyl groups excluding tert-OH is 1. The molecule has 1 fully saturated rings. The van der Waals surface area contributed by atoms with E-state index in [1.807, 2.05) is 0 Å². The summed E-state index contributed by atoms with van der Waals surface area (Å²) >= 11 is 0. The fourth-order valence-electron chi connectivity index (χ4n) is 1.29. The molecule has 1 rings (SSSR count). The molecule has 0 radical (unpaired) electrons. The molecule has 3 N–H and O–H groups in total. The van der Waals surface area contributed by atoms with Crippen molar-refractivity contribution >= 4 is 5.97 Å². The average Bonchev–Trinajstić information content (AvgIpc) is 1.94. The van der Waals surface area contributed by atoms with Gasteiger partial charge < -0.3 is 10.2 Å². The zero-order valence-electron chi connectivity index (χ0n) is 6.45. The first kappa shape index (κ1) is 8.49. The first-order valence-electron chi connectivity index (χ1n) is 3.78. The Bertz CT molecular complexity index is 160. The second-order valence-corrected chi connectivity index (χ2v) is 2.99. The van der Waals surface area contributed by atoms with E-state index in [0.29, 0.717) is 12.8 Å². The second kappa shape index (κ2) is 3.19. The molecular weight excluding hydrogens is 146 g/mol. The maximum Gasteiger partial charge on any atom is 0.320 e. The van der Waals surface area contributed by atoms with E-state index in [2.05, 4.69) is 5.32 Å². The van der Waals surface area contributed by atoms with Crippen LogP contribution in [0.1, 0.15) is 19.8 Å². The maximum absolute atomic E-state index is 10.5. The van der Waals surface area contributed by atoms with Gasteiger partial charge in [0.05, 0.1) is 6.10 Å². The Morgan fingerprint density at radius 2 is 2.18 bits per heavy atom. The Kier molecular flexibility index (Phi) is 2.46. The van der Waals surface area contributed by atoms with E-state index < -0.39 is 18.1 Å². The van der Waals surface area contributed by atoms with Gasteiger partial charge in [-0.15, -0.1) is 0 Å². The van der Waals surface area contributed by atoms with Gasteiger partial charge in [0.15, 0.2) is 0 Å². The highest BCUT2D eigenvalue weighted by Crippen LogP contribution is 2.12. The van der Waals surface area contributed by atoms with Gasteiger partial charge >= 0.3 is 5.97 Å². The number of aliphatic carboxylic acids is 1. The third-order valence-corrected chi connectivity index (χ3v) is 2.09. The number of carbonyl (C=O) groups is 1. The summed E-state index contributed by atoms with van der Waals surface area (Å²) in [5.74, 6) is -0.830. The minimum atomic E-state index is -0.830. The van der Waals surface area contributed by atoms with Gasteiger partial charge in [-0.05, 0) is 19.8 Å². The summed E-state index contributed by atoms with van der Waals surface area (Å²) in [6, 6.07) is -0.585. The van der Waals surface area contributed by atoms with Crippen LogP contribution in [0.2, 0.25) is 0 Å². The van der Waals surface area contributed by atoms with Gasteiger partial charge in [-0.1, -0.05) is 0 Å². The normalized spacial score (nSPS) is 38.5. The highest BCUT2D eigenvalue weighted by atomic mass is 16.4. The number of hydrogen-bond donors (Lipinski definition) is 3. The Morgan fingerprint density at radius 1 is 1.55 bits per heavy atom. The Morgan fingerprint density at radius 3 is 2.64 bits per heavy atom. The number of rotatable bonds is 1. The van der Waals surface area contributed by atoms with Crippen molar-refractivity contribution in [3.63, 3.8) is 0 Å². The van der Waals surface area contributed by atoms with Gasteiger partial charge in [0.25, 0.3) is 0 Å². The lowest BCUT2D eigenvalue weighted by Gasteiger charge is -2.30. The molecule has 0 aliphatic carbocycles. The van der Waals surface area contributed by atoms with E-state index in [9.17, 15) is 9.90 Å². The molecule has 1 aliphatic heterocycles. The minimum absolute atomic E-state index is 0.107. The van der Waals surface area contributed by atoms with Crippen molar-refractivity contribution in [3.05, 3.63) is 0 Å². The van der Waals surface area contributed by atoms with E-state index in [1.54, 1.807) is 6.92 Å². The molecule has 1 saturated heterocycles. The summed E-state index contributed by atoms with van der Waals surface area (Å²) in [5.41, 5.74) is 0. The van der Waals surface area contributed by atoms with Gasteiger partial charge in [-0.25, -0.2) is 0 Å². The van der Waals surface area contributed by atoms with Gasteiger partial charge in [-0.3, -0.25) is 10.1 Å². The zero-order valence-corrected chi connectivity index (χ0v) is 6.45. The molecule has 0 aromatic rings. The SMILES string of the molecule is CC1NC(C(=O)O)CCC1O. The summed E-state index contributed by atoms with van der Waals surface area (Å²) in [5, 5.41) is 20.6. The number of carboxylic acid groups (broad SMARTS) is 1. The highest BCUT2D eigenvalue weighted by molar-refractivity contribution is 5.73. The summed E-state index contributed by atoms with van der Waals surface area (Å²) in [7, 11) is 0. The quantitative estimate of drug-likeness (QED) is 0.485. The Balaban J connectivity index is 2.46. The predicted molar refractivity (Wildman–Crippen MR) is 39.3 cm³/mol. The fraction of sp³-hybridized carbons (Fsp3) is 0.857. The van der Waals surface area contributed by atoms with Gasteiger partial charge in [-0.2, -0.15) is 0 Å². The van der Waals surface area contributed by atoms with E-state index in [-0.39, 0.29) is 6.04 Å². The van der Waals surface area contributed by atoms with Crippen LogP contribution in [0.15, 0.2) is 0 Å². The van der Waals surface area contributed by atoms with Crippen LogP contribution in [0.4, 0.5) is 0 Å². The zero-order chi connectivity index (χ0) is 8.43. The molecule has 3 unspecified atom stereocenters. The molecule has 1 heterocycles. The molecule has 0 amide bonds. The molecule has 3 atom stereocenters. The molecule has 0 saturated carbocycles. The molecular formula is C7H13NO3. The second-order valence-electron chi connectivity index (χ2n) is 2.99. The van der Waals surface area contributed by atoms with Crippen LogP contribution in [-0.2, 0) is 4.79 Å². The van der Waals surface area contributed by atoms with Crippen LogP contribution >= 0.6 is 0 Å². The molecule has 0 aromatic carbocycles. The van der Waals surface area contributed by atoms with Crippen LogP contribution in [-0.4, -0.2) is 34.4 Å². The van der Waals surface area contributed by atoms with Crippen molar-refractivity contribution in [1.29, 1.82) is 0 Å². The largest absolute Gasteiger partial charge is 0.480 e. The maximum atomic E-state index is 10.5. The van der Waals surface area contributed by atoms with Crippen molar-refractivity contribution in [1.82, 2.24) is 5.32 Å². The Labute approximate surface area is 65.2 Å². The number of nitrogens with one attached hydrogen (secondary N) is 1. The van der Waals surface area contributed by atoms with Crippen LogP contribution in [0, 0.1) is 0 Å². The summed E-state index contributed by atoms with van der Waals surface area (Å²) in [6.07, 6.45) is 0.692. The number of aliphatic hydroxyl groups is 1. The van der Waals surface area contributed by atoms with E-state index in [1.165, 1.54) is 0 Å². The third kappa shape index (κ3) is 1.91. The molecule has 64 valence electrons. The minimum Gasteiger partial charge on any atom is -0.480 e. The van der Waals surface area contributed by atoms with Crippen LogP contribution in [0.5, 0.6) is 0 Å². The van der Waals surface area contributed by atoms with Crippen LogP contribution < -0.4 is 5.32 Å². The summed E-state index contributed by atoms with van der Waals surface area (Å²) in [4.78, 5) is 10.5. The van der Waals surface area contributed by atoms with E-state index in [0.717, 1.165) is 0 Å². The van der Waals surface area contributed by atoms with Crippen molar-refractivity contribution in [3.8, 4) is 0 Å². The first-order valence-corrected chi connectivity index (χ1v) is 3.78. The lowest BCUT2D eigenvalue weighted by Crippen LogP contribution is -2.51. The Hall–Kier alpha value is -0.610. The monoisotopic (exact) mass is 159 g/mol. The molecule has 0 spiro atoms. The molecule has 4 heteroatoms. The molecule has 11 heavy (non-hydrogen) atoms. The molecule has 0 aromatic heterocycles. The molecule has 1 aliphatic rings. The smallest absolute Gasteiger partial charge is 0.320 e. The van der Waals surface area contributed by atoms with Gasteiger partial charge in [0.2, 0.25) is 0 Å². The van der Waals surface area contributed by atoms with Crippen molar-refractivity contribution in [2.24, 2.45) is 0 Å². The predicted octanol–water partition coefficient (Wildman–Crippen LogP) is -0.428. The lowest BCUT2D eigenvalue weighted by atomic mass is 9.97. The molecule has 0 bridgehead atoms. The third-order valence-electron chi connectivity index (χ3n) is 2.09. The standard InChI is InChI=1S/C7H13NO3/c1-4-6(9)3-2-5(8-4)7(10)11/h4-6,8-9H,2-3H2,1H3,(H,10,11). The summed E-state index contributed by atoms with van der Waals surface area (Å²) < 4.78 is 0. The fourth-order valence-corrected chi connectivity index (χ4v) is 1.29. The topological polar surface area (TPSA) is 69.6 Å². The summed E-state index contributed by atoms with van der Waals surface area (Å²) in [6.45, 7) is 1.79. The van der Waals surface area contributed by atoms with E-state index >= 15 is 0 Å². The van der Waals surface area contributed by atoms with Crippen molar-refractivity contribution < 1.29 is 15.0 Å². The van der Waals surface area contributed by atoms with E-state index in [4.69, 9.17) is 5.11 Å². The number of carboxylic acids is 1. The lowest BCUT2D eigenvalue weighted by molar-refractivity contribution is -0.141. The number of piperidine rings is 1. The van der Waals surface area contributed by atoms with Gasteiger partial charge in [0, 0.05) is 6.04 Å².